The third kappa shape index (κ3) is 4.40. The van der Waals surface area contributed by atoms with Crippen molar-refractivity contribution in [3.8, 4) is 39.6 Å². The fourth-order valence-electron chi connectivity index (χ4n) is 7.26. The second-order valence-electron chi connectivity index (χ2n) is 12.3. The van der Waals surface area contributed by atoms with E-state index < -0.39 is 0 Å². The predicted molar refractivity (Wildman–Crippen MR) is 201 cm³/mol. The lowest BCUT2D eigenvalue weighted by Crippen LogP contribution is -1.98. The molecule has 5 heterocycles. The van der Waals surface area contributed by atoms with Gasteiger partial charge in [-0.05, 0) is 76.1 Å². The molecule has 5 nitrogen and oxygen atoms in total. The molecule has 0 radical (unpaired) electrons. The van der Waals surface area contributed by atoms with Crippen LogP contribution in [0.5, 0.6) is 0 Å². The third-order valence-electron chi connectivity index (χ3n) is 9.59. The number of aromatic nitrogens is 5. The maximum atomic E-state index is 5.03. The van der Waals surface area contributed by atoms with Crippen LogP contribution in [-0.2, 0) is 0 Å². The quantitative estimate of drug-likeness (QED) is 0.195. The Morgan fingerprint density at radius 2 is 0.959 bits per heavy atom. The first-order chi connectivity index (χ1) is 24.3. The maximum Gasteiger partial charge on any atom is 0.137 e. The van der Waals surface area contributed by atoms with Gasteiger partial charge in [-0.25, -0.2) is 4.98 Å². The molecule has 0 bridgehead atoms. The van der Waals surface area contributed by atoms with Crippen LogP contribution in [0.4, 0.5) is 0 Å². The smallest absolute Gasteiger partial charge is 0.137 e. The zero-order valence-corrected chi connectivity index (χ0v) is 26.3. The summed E-state index contributed by atoms with van der Waals surface area (Å²) in [6, 6.07) is 48.8. The molecule has 0 fully saturated rings. The molecule has 0 N–H and O–H groups in total. The van der Waals surface area contributed by atoms with Crippen LogP contribution in [0, 0.1) is 0 Å². The molecule has 0 unspecified atom stereocenters. The van der Waals surface area contributed by atoms with Crippen LogP contribution >= 0.6 is 0 Å². The molecule has 0 aliphatic rings. The van der Waals surface area contributed by atoms with E-state index >= 15 is 0 Å². The number of pyridine rings is 4. The Bertz CT molecular complexity index is 2860. The van der Waals surface area contributed by atoms with Crippen molar-refractivity contribution in [2.45, 2.75) is 0 Å². The molecule has 5 aromatic carbocycles. The highest BCUT2D eigenvalue weighted by Gasteiger charge is 2.17. The van der Waals surface area contributed by atoms with Gasteiger partial charge in [0.25, 0.3) is 0 Å². The van der Waals surface area contributed by atoms with E-state index in [1.54, 1.807) is 0 Å². The molecule has 10 rings (SSSR count). The summed E-state index contributed by atoms with van der Waals surface area (Å²) in [4.78, 5) is 19.4. The van der Waals surface area contributed by atoms with Gasteiger partial charge < -0.3 is 0 Å². The van der Waals surface area contributed by atoms with Crippen molar-refractivity contribution in [2.75, 3.05) is 0 Å². The summed E-state index contributed by atoms with van der Waals surface area (Å²) in [5.74, 6) is 0.858. The van der Waals surface area contributed by atoms with Gasteiger partial charge in [0.2, 0.25) is 0 Å². The van der Waals surface area contributed by atoms with Crippen molar-refractivity contribution in [2.24, 2.45) is 0 Å². The highest BCUT2D eigenvalue weighted by Crippen LogP contribution is 2.39. The van der Waals surface area contributed by atoms with Gasteiger partial charge in [0.1, 0.15) is 5.82 Å². The average molecular weight is 626 g/mol. The number of nitrogens with zero attached hydrogens (tertiary/aromatic N) is 5. The molecule has 0 spiro atoms. The second-order valence-corrected chi connectivity index (χ2v) is 12.3. The standard InChI is InChI=1S/C44H27N5/c1-4-10-34-28(7-1)14-19-40-42(34)37-25-31(38-17-13-32(26-47-38)43-35-11-5-2-8-29(35)21-23-45-43)15-18-39(37)49(40)41-20-16-33(27-48-41)44-36-12-6-3-9-30(36)22-24-46-44/h1-27H. The van der Waals surface area contributed by atoms with Crippen LogP contribution in [0.25, 0.3) is 93.7 Å². The van der Waals surface area contributed by atoms with Crippen LogP contribution in [0.3, 0.4) is 0 Å². The van der Waals surface area contributed by atoms with Crippen molar-refractivity contribution in [3.05, 3.63) is 164 Å². The van der Waals surface area contributed by atoms with E-state index in [2.05, 4.69) is 132 Å². The monoisotopic (exact) mass is 625 g/mol. The van der Waals surface area contributed by atoms with Gasteiger partial charge in [-0.3, -0.25) is 19.5 Å². The molecule has 10 aromatic rings. The Hall–Kier alpha value is -6.72. The van der Waals surface area contributed by atoms with Crippen molar-refractivity contribution in [3.63, 3.8) is 0 Å². The van der Waals surface area contributed by atoms with Crippen molar-refractivity contribution in [1.29, 1.82) is 0 Å². The largest absolute Gasteiger partial charge is 0.294 e. The summed E-state index contributed by atoms with van der Waals surface area (Å²) in [6.07, 6.45) is 7.60. The summed E-state index contributed by atoms with van der Waals surface area (Å²) < 4.78 is 2.27. The molecule has 228 valence electrons. The molecule has 0 amide bonds. The normalized spacial score (nSPS) is 11.7. The average Bonchev–Trinajstić information content (AvgIpc) is 3.52. The van der Waals surface area contributed by atoms with E-state index in [4.69, 9.17) is 19.9 Å². The molecule has 0 aliphatic heterocycles. The minimum atomic E-state index is 0.858. The van der Waals surface area contributed by atoms with Crippen molar-refractivity contribution >= 4 is 54.1 Å². The topological polar surface area (TPSA) is 56.5 Å². The predicted octanol–water partition coefficient (Wildman–Crippen LogP) is 10.8. The van der Waals surface area contributed by atoms with Crippen LogP contribution < -0.4 is 0 Å². The minimum Gasteiger partial charge on any atom is -0.294 e. The zero-order valence-electron chi connectivity index (χ0n) is 26.3. The lowest BCUT2D eigenvalue weighted by molar-refractivity contribution is 1.08. The van der Waals surface area contributed by atoms with E-state index in [1.807, 2.05) is 36.9 Å². The van der Waals surface area contributed by atoms with Gasteiger partial charge in [0.15, 0.2) is 0 Å². The van der Waals surface area contributed by atoms with Crippen LogP contribution in [-0.4, -0.2) is 24.5 Å². The van der Waals surface area contributed by atoms with Crippen molar-refractivity contribution in [1.82, 2.24) is 24.5 Å². The summed E-state index contributed by atoms with van der Waals surface area (Å²) in [7, 11) is 0. The fraction of sp³-hybridized carbons (Fsp3) is 0. The van der Waals surface area contributed by atoms with Crippen LogP contribution in [0.15, 0.2) is 164 Å². The summed E-state index contributed by atoms with van der Waals surface area (Å²) in [5.41, 5.74) is 8.04. The van der Waals surface area contributed by atoms with E-state index in [9.17, 15) is 0 Å². The molecule has 49 heavy (non-hydrogen) atoms. The van der Waals surface area contributed by atoms with Gasteiger partial charge in [-0.2, -0.15) is 0 Å². The molecule has 0 aliphatic carbocycles. The Labute approximate surface area is 281 Å². The van der Waals surface area contributed by atoms with Gasteiger partial charge in [0.05, 0.1) is 28.1 Å². The lowest BCUT2D eigenvalue weighted by Gasteiger charge is -2.10. The first kappa shape index (κ1) is 27.4. The van der Waals surface area contributed by atoms with Gasteiger partial charge in [0, 0.05) is 63.0 Å². The molecule has 5 heteroatoms. The Morgan fingerprint density at radius 3 is 1.59 bits per heavy atom. The molecular formula is C44H27N5. The van der Waals surface area contributed by atoms with Gasteiger partial charge >= 0.3 is 0 Å². The summed E-state index contributed by atoms with van der Waals surface area (Å²) in [6.45, 7) is 0. The highest BCUT2D eigenvalue weighted by molar-refractivity contribution is 6.21. The molecule has 0 saturated carbocycles. The second kappa shape index (κ2) is 10.9. The number of hydrogen-bond acceptors (Lipinski definition) is 4. The first-order valence-corrected chi connectivity index (χ1v) is 16.4. The Morgan fingerprint density at radius 1 is 0.388 bits per heavy atom. The third-order valence-corrected chi connectivity index (χ3v) is 9.59. The molecular weight excluding hydrogens is 599 g/mol. The summed E-state index contributed by atoms with van der Waals surface area (Å²) in [5, 5.41) is 9.34. The maximum absolute atomic E-state index is 5.03. The van der Waals surface area contributed by atoms with Crippen LogP contribution in [0.1, 0.15) is 0 Å². The number of fused-ring (bicyclic) bond motifs is 7. The zero-order chi connectivity index (χ0) is 32.3. The fourth-order valence-corrected chi connectivity index (χ4v) is 7.26. The van der Waals surface area contributed by atoms with E-state index in [-0.39, 0.29) is 0 Å². The van der Waals surface area contributed by atoms with Crippen LogP contribution in [0.2, 0.25) is 0 Å². The first-order valence-electron chi connectivity index (χ1n) is 16.4. The van der Waals surface area contributed by atoms with E-state index in [0.717, 1.165) is 72.2 Å². The number of hydrogen-bond donors (Lipinski definition) is 0. The van der Waals surface area contributed by atoms with E-state index in [0.29, 0.717) is 0 Å². The molecule has 0 saturated heterocycles. The number of rotatable bonds is 4. The SMILES string of the molecule is c1ccc2c(-c3ccc(-c4ccc5c(c4)c4c6ccccc6ccc4n5-c4ccc(-c5nccc6ccccc56)cn4)nc3)nccc2c1. The minimum absolute atomic E-state index is 0.858. The molecule has 0 atom stereocenters. The lowest BCUT2D eigenvalue weighted by atomic mass is 10.0. The summed E-state index contributed by atoms with van der Waals surface area (Å²) >= 11 is 0. The van der Waals surface area contributed by atoms with Gasteiger partial charge in [-0.1, -0.05) is 84.9 Å². The van der Waals surface area contributed by atoms with E-state index in [1.165, 1.54) is 21.5 Å². The highest BCUT2D eigenvalue weighted by atomic mass is 15.1. The Kier molecular flexibility index (Phi) is 6.11. The Balaban J connectivity index is 1.12. The number of benzene rings is 5. The van der Waals surface area contributed by atoms with Crippen molar-refractivity contribution < 1.29 is 0 Å². The van der Waals surface area contributed by atoms with Gasteiger partial charge in [-0.15, -0.1) is 0 Å². The molecule has 5 aromatic heterocycles.